The predicted octanol–water partition coefficient (Wildman–Crippen LogP) is 3.22. The summed E-state index contributed by atoms with van der Waals surface area (Å²) in [6, 6.07) is 10.7. The van der Waals surface area contributed by atoms with Crippen molar-refractivity contribution in [2.24, 2.45) is 0 Å². The summed E-state index contributed by atoms with van der Waals surface area (Å²) < 4.78 is 0. The lowest BCUT2D eigenvalue weighted by molar-refractivity contribution is -0.129. The third-order valence-corrected chi connectivity index (χ3v) is 5.14. The SMILES string of the molecule is O=C(CCCCCNC(=O)c1ccc(CN(Cc2cccs2)C(=O)O)cc1)NO. The summed E-state index contributed by atoms with van der Waals surface area (Å²) in [5.41, 5.74) is 2.90. The molecule has 1 heterocycles. The molecule has 0 aliphatic heterocycles. The monoisotopic (exact) mass is 419 g/mol. The van der Waals surface area contributed by atoms with Gasteiger partial charge >= 0.3 is 6.09 Å². The molecule has 0 saturated heterocycles. The first-order valence-electron chi connectivity index (χ1n) is 9.30. The number of thiophene rings is 1. The van der Waals surface area contributed by atoms with Crippen molar-refractivity contribution < 1.29 is 24.7 Å². The van der Waals surface area contributed by atoms with Gasteiger partial charge in [-0.15, -0.1) is 11.3 Å². The Morgan fingerprint density at radius 3 is 2.38 bits per heavy atom. The number of rotatable bonds is 11. The first-order valence-corrected chi connectivity index (χ1v) is 10.2. The highest BCUT2D eigenvalue weighted by Gasteiger charge is 2.14. The summed E-state index contributed by atoms with van der Waals surface area (Å²) in [4.78, 5) is 36.8. The quantitative estimate of drug-likeness (QED) is 0.253. The van der Waals surface area contributed by atoms with Crippen LogP contribution in [0.3, 0.4) is 0 Å². The van der Waals surface area contributed by atoms with Crippen LogP contribution in [-0.2, 0) is 17.9 Å². The van der Waals surface area contributed by atoms with E-state index in [1.54, 1.807) is 29.7 Å². The maximum Gasteiger partial charge on any atom is 0.407 e. The number of nitrogens with one attached hydrogen (secondary N) is 2. The molecule has 0 aliphatic carbocycles. The summed E-state index contributed by atoms with van der Waals surface area (Å²) in [5, 5.41) is 22.5. The molecule has 0 aliphatic rings. The van der Waals surface area contributed by atoms with Crippen LogP contribution in [0.1, 0.15) is 46.5 Å². The van der Waals surface area contributed by atoms with E-state index >= 15 is 0 Å². The fourth-order valence-corrected chi connectivity index (χ4v) is 3.43. The average Bonchev–Trinajstić information content (AvgIpc) is 3.23. The van der Waals surface area contributed by atoms with Crippen molar-refractivity contribution >= 4 is 29.2 Å². The van der Waals surface area contributed by atoms with Crippen LogP contribution in [0.25, 0.3) is 0 Å². The first kappa shape index (κ1) is 22.4. The van der Waals surface area contributed by atoms with Crippen molar-refractivity contribution in [3.8, 4) is 0 Å². The van der Waals surface area contributed by atoms with E-state index in [1.807, 2.05) is 17.5 Å². The highest BCUT2D eigenvalue weighted by atomic mass is 32.1. The molecule has 0 fully saturated rings. The fourth-order valence-electron chi connectivity index (χ4n) is 2.71. The van der Waals surface area contributed by atoms with E-state index in [1.165, 1.54) is 16.2 Å². The molecule has 156 valence electrons. The number of benzene rings is 1. The van der Waals surface area contributed by atoms with Crippen molar-refractivity contribution in [1.82, 2.24) is 15.7 Å². The molecule has 0 bridgehead atoms. The van der Waals surface area contributed by atoms with Gasteiger partial charge in [-0.25, -0.2) is 10.3 Å². The number of hydrogen-bond acceptors (Lipinski definition) is 5. The van der Waals surface area contributed by atoms with Gasteiger partial charge in [-0.2, -0.15) is 0 Å². The predicted molar refractivity (Wildman–Crippen MR) is 109 cm³/mol. The van der Waals surface area contributed by atoms with Gasteiger partial charge in [-0.1, -0.05) is 24.6 Å². The number of carbonyl (C=O) groups excluding carboxylic acids is 2. The smallest absolute Gasteiger partial charge is 0.407 e. The molecule has 0 saturated carbocycles. The number of carbonyl (C=O) groups is 3. The van der Waals surface area contributed by atoms with Gasteiger partial charge in [0.25, 0.3) is 5.91 Å². The van der Waals surface area contributed by atoms with E-state index in [0.717, 1.165) is 23.3 Å². The molecule has 2 aromatic rings. The maximum atomic E-state index is 12.2. The van der Waals surface area contributed by atoms with E-state index in [-0.39, 0.29) is 18.9 Å². The van der Waals surface area contributed by atoms with Gasteiger partial charge in [0, 0.05) is 30.0 Å². The summed E-state index contributed by atoms with van der Waals surface area (Å²) in [7, 11) is 0. The highest BCUT2D eigenvalue weighted by Crippen LogP contribution is 2.15. The van der Waals surface area contributed by atoms with Crippen LogP contribution in [0.2, 0.25) is 0 Å². The zero-order valence-electron chi connectivity index (χ0n) is 16.0. The highest BCUT2D eigenvalue weighted by molar-refractivity contribution is 7.09. The molecule has 29 heavy (non-hydrogen) atoms. The van der Waals surface area contributed by atoms with Crippen LogP contribution >= 0.6 is 11.3 Å². The van der Waals surface area contributed by atoms with E-state index in [0.29, 0.717) is 25.1 Å². The molecule has 8 nitrogen and oxygen atoms in total. The average molecular weight is 420 g/mol. The number of unbranched alkanes of at least 4 members (excludes halogenated alkanes) is 2. The van der Waals surface area contributed by atoms with Gasteiger partial charge in [0.2, 0.25) is 5.91 Å². The van der Waals surface area contributed by atoms with E-state index < -0.39 is 12.0 Å². The second kappa shape index (κ2) is 11.8. The van der Waals surface area contributed by atoms with Gasteiger partial charge in [0.1, 0.15) is 0 Å². The first-order chi connectivity index (χ1) is 14.0. The number of carboxylic acid groups (broad SMARTS) is 1. The van der Waals surface area contributed by atoms with Gasteiger partial charge in [-0.05, 0) is 42.0 Å². The summed E-state index contributed by atoms with van der Waals surface area (Å²) in [6.07, 6.45) is 1.41. The van der Waals surface area contributed by atoms with Crippen LogP contribution in [0.15, 0.2) is 41.8 Å². The van der Waals surface area contributed by atoms with Crippen LogP contribution < -0.4 is 10.8 Å². The molecule has 0 spiro atoms. The Bertz CT molecular complexity index is 793. The summed E-state index contributed by atoms with van der Waals surface area (Å²) in [5.74, 6) is -0.607. The Labute approximate surface area is 173 Å². The Kier molecular flexibility index (Phi) is 9.13. The lowest BCUT2D eigenvalue weighted by Gasteiger charge is -2.18. The van der Waals surface area contributed by atoms with Crippen molar-refractivity contribution in [3.63, 3.8) is 0 Å². The molecule has 1 aromatic heterocycles. The second-order valence-corrected chi connectivity index (χ2v) is 7.55. The summed E-state index contributed by atoms with van der Waals surface area (Å²) in [6.45, 7) is 1.07. The Morgan fingerprint density at radius 2 is 1.76 bits per heavy atom. The normalized spacial score (nSPS) is 10.4. The molecule has 4 N–H and O–H groups in total. The van der Waals surface area contributed by atoms with E-state index in [2.05, 4.69) is 5.32 Å². The molecular formula is C20H25N3O5S. The zero-order chi connectivity index (χ0) is 21.1. The van der Waals surface area contributed by atoms with Gasteiger partial charge in [-0.3, -0.25) is 19.7 Å². The standard InChI is InChI=1S/C20H25N3O5S/c24-18(22-28)6-2-1-3-11-21-19(25)16-9-7-15(8-10-16)13-23(20(26)27)14-17-5-4-12-29-17/h4-5,7-10,12,28H,1-3,6,11,13-14H2,(H,21,25)(H,22,24)(H,26,27). The van der Waals surface area contributed by atoms with Crippen molar-refractivity contribution in [2.45, 2.75) is 38.8 Å². The number of hydroxylamine groups is 1. The Hall–Kier alpha value is -2.91. The second-order valence-electron chi connectivity index (χ2n) is 6.52. The lowest BCUT2D eigenvalue weighted by atomic mass is 10.1. The summed E-state index contributed by atoms with van der Waals surface area (Å²) >= 11 is 1.51. The van der Waals surface area contributed by atoms with E-state index in [9.17, 15) is 19.5 Å². The topological polar surface area (TPSA) is 119 Å². The molecule has 0 atom stereocenters. The van der Waals surface area contributed by atoms with Crippen molar-refractivity contribution in [2.75, 3.05) is 6.54 Å². The molecule has 0 unspecified atom stereocenters. The zero-order valence-corrected chi connectivity index (χ0v) is 16.8. The lowest BCUT2D eigenvalue weighted by Crippen LogP contribution is -2.28. The van der Waals surface area contributed by atoms with E-state index in [4.69, 9.17) is 5.21 Å². The number of hydrogen-bond donors (Lipinski definition) is 4. The molecule has 1 aromatic carbocycles. The van der Waals surface area contributed by atoms with Crippen molar-refractivity contribution in [3.05, 3.63) is 57.8 Å². The Balaban J connectivity index is 1.77. The minimum absolute atomic E-state index is 0.196. The minimum atomic E-state index is -0.989. The molecule has 9 heteroatoms. The maximum absolute atomic E-state index is 12.2. The molecule has 3 amide bonds. The van der Waals surface area contributed by atoms with Crippen LogP contribution in [0.4, 0.5) is 4.79 Å². The van der Waals surface area contributed by atoms with Crippen LogP contribution in [-0.4, -0.2) is 39.7 Å². The van der Waals surface area contributed by atoms with Gasteiger partial charge < -0.3 is 10.4 Å². The van der Waals surface area contributed by atoms with Crippen molar-refractivity contribution in [1.29, 1.82) is 0 Å². The third-order valence-electron chi connectivity index (χ3n) is 4.28. The van der Waals surface area contributed by atoms with Crippen LogP contribution in [0.5, 0.6) is 0 Å². The largest absolute Gasteiger partial charge is 0.465 e. The van der Waals surface area contributed by atoms with Gasteiger partial charge in [0.15, 0.2) is 0 Å². The number of nitrogens with zero attached hydrogens (tertiary/aromatic N) is 1. The molecule has 0 radical (unpaired) electrons. The van der Waals surface area contributed by atoms with Gasteiger partial charge in [0.05, 0.1) is 6.54 Å². The molecular weight excluding hydrogens is 394 g/mol. The Morgan fingerprint density at radius 1 is 1.00 bits per heavy atom. The molecule has 2 rings (SSSR count). The van der Waals surface area contributed by atoms with Crippen LogP contribution in [0, 0.1) is 0 Å². The number of amides is 3. The fraction of sp³-hybridized carbons (Fsp3) is 0.350. The minimum Gasteiger partial charge on any atom is -0.465 e. The third kappa shape index (κ3) is 7.92.